The van der Waals surface area contributed by atoms with Crippen LogP contribution in [0, 0.1) is 0 Å². The van der Waals surface area contributed by atoms with Gasteiger partial charge in [0, 0.05) is 34.7 Å². The average Bonchev–Trinajstić information content (AvgIpc) is 2.87. The summed E-state index contributed by atoms with van der Waals surface area (Å²) in [6.07, 6.45) is 2.37. The van der Waals surface area contributed by atoms with Gasteiger partial charge in [-0.1, -0.05) is 75.3 Å². The van der Waals surface area contributed by atoms with Gasteiger partial charge < -0.3 is 25.0 Å². The topological polar surface area (TPSA) is 85.1 Å². The lowest BCUT2D eigenvalue weighted by Gasteiger charge is -2.32. The number of nitrogens with two attached hydrogens (primary N) is 1. The summed E-state index contributed by atoms with van der Waals surface area (Å²) in [4.78, 5) is 26.3. The van der Waals surface area contributed by atoms with Crippen molar-refractivity contribution in [1.29, 1.82) is 0 Å². The summed E-state index contributed by atoms with van der Waals surface area (Å²) in [6.45, 7) is 27.2. The van der Waals surface area contributed by atoms with E-state index in [0.29, 0.717) is 13.2 Å². The Morgan fingerprint density at radius 2 is 1.44 bits per heavy atom. The molecule has 7 heteroatoms. The molecule has 32 heavy (non-hydrogen) atoms. The highest BCUT2D eigenvalue weighted by Crippen LogP contribution is 2.13. The minimum absolute atomic E-state index is 0. The van der Waals surface area contributed by atoms with Crippen molar-refractivity contribution in [2.75, 3.05) is 39.8 Å². The van der Waals surface area contributed by atoms with Gasteiger partial charge >= 0.3 is 12.2 Å². The van der Waals surface area contributed by atoms with Gasteiger partial charge in [-0.2, -0.15) is 0 Å². The van der Waals surface area contributed by atoms with Crippen LogP contribution in [0.5, 0.6) is 0 Å². The third kappa shape index (κ3) is 26.3. The molecule has 1 saturated heterocycles. The molecular weight excluding hydrogens is 406 g/mol. The van der Waals surface area contributed by atoms with Crippen molar-refractivity contribution in [2.24, 2.45) is 5.73 Å². The number of likely N-dealkylation sites (tertiary alicyclic amines) is 1. The Bertz CT molecular complexity index is 414. The first-order chi connectivity index (χ1) is 15.4. The second kappa shape index (κ2) is 33.9. The molecule has 1 rings (SSSR count). The van der Waals surface area contributed by atoms with Crippen LogP contribution in [0.1, 0.15) is 97.4 Å². The van der Waals surface area contributed by atoms with Crippen molar-refractivity contribution in [3.63, 3.8) is 0 Å². The number of allylic oxidation sites excluding steroid dienone is 1. The summed E-state index contributed by atoms with van der Waals surface area (Å²) in [5, 5.41) is 0. The Kier molecular flexibility index (Phi) is 43.0. The highest BCUT2D eigenvalue weighted by atomic mass is 16.6. The van der Waals surface area contributed by atoms with Gasteiger partial charge in [-0.05, 0) is 32.3 Å². The van der Waals surface area contributed by atoms with Crippen LogP contribution < -0.4 is 5.73 Å². The number of nitrogens with zero attached hydrogens (tertiary/aromatic N) is 2. The molecule has 0 radical (unpaired) electrons. The van der Waals surface area contributed by atoms with Crippen molar-refractivity contribution in [1.82, 2.24) is 9.80 Å². The molecule has 0 aromatic heterocycles. The normalized spacial score (nSPS) is 12.7. The number of hydrogen-bond donors (Lipinski definition) is 1. The Hall–Kier alpha value is -1.76. The molecule has 1 aliphatic heterocycles. The van der Waals surface area contributed by atoms with E-state index >= 15 is 0 Å². The third-order valence-corrected chi connectivity index (χ3v) is 3.80. The fourth-order valence-corrected chi connectivity index (χ4v) is 2.17. The number of piperidine rings is 1. The molecule has 198 valence electrons. The molecule has 0 spiro atoms. The second-order valence-corrected chi connectivity index (χ2v) is 5.59. The van der Waals surface area contributed by atoms with Gasteiger partial charge in [-0.25, -0.2) is 9.59 Å². The van der Waals surface area contributed by atoms with Gasteiger partial charge in [0.1, 0.15) is 12.7 Å². The lowest BCUT2D eigenvalue weighted by molar-refractivity contribution is 0.0527. The summed E-state index contributed by atoms with van der Waals surface area (Å²) < 4.78 is 10.2. The number of amides is 2. The van der Waals surface area contributed by atoms with Gasteiger partial charge in [0.15, 0.2) is 0 Å². The minimum Gasteiger partial charge on any atom is -0.446 e. The van der Waals surface area contributed by atoms with Gasteiger partial charge in [0.05, 0.1) is 0 Å². The van der Waals surface area contributed by atoms with Crippen LogP contribution in [-0.2, 0) is 9.47 Å². The molecule has 0 saturated carbocycles. The maximum Gasteiger partial charge on any atom is 0.409 e. The smallest absolute Gasteiger partial charge is 0.409 e. The highest BCUT2D eigenvalue weighted by molar-refractivity contribution is 5.67. The molecule has 1 aliphatic rings. The molecule has 0 bridgehead atoms. The molecule has 0 unspecified atom stereocenters. The number of carbonyl (C=O) groups excluding carboxylic acids is 2. The van der Waals surface area contributed by atoms with Crippen molar-refractivity contribution in [2.45, 2.75) is 102 Å². The first-order valence-corrected chi connectivity index (χ1v) is 12.6. The van der Waals surface area contributed by atoms with Crippen LogP contribution >= 0.6 is 0 Å². The first-order valence-electron chi connectivity index (χ1n) is 12.6. The first kappa shape index (κ1) is 40.6. The van der Waals surface area contributed by atoms with E-state index in [4.69, 9.17) is 15.2 Å². The SMILES string of the molecule is C/C=C(\C)COC(=O)N(C)CCN1CCC(OC(N)=O)CC1.CC.CC.CC.CC.CC.[HH]. The van der Waals surface area contributed by atoms with Crippen molar-refractivity contribution < 1.29 is 20.5 Å². The number of hydrogen-bond acceptors (Lipinski definition) is 5. The fraction of sp³-hybridized carbons (Fsp3) is 0.840. The van der Waals surface area contributed by atoms with Crippen LogP contribution in [0.4, 0.5) is 9.59 Å². The predicted molar refractivity (Wildman–Crippen MR) is 142 cm³/mol. The molecule has 1 fully saturated rings. The predicted octanol–water partition coefficient (Wildman–Crippen LogP) is 6.96. The third-order valence-electron chi connectivity index (χ3n) is 3.80. The molecule has 1 heterocycles. The van der Waals surface area contributed by atoms with Crippen LogP contribution in [0.2, 0.25) is 0 Å². The van der Waals surface area contributed by atoms with E-state index in [1.165, 1.54) is 0 Å². The molecule has 2 amide bonds. The Morgan fingerprint density at radius 3 is 1.81 bits per heavy atom. The van der Waals surface area contributed by atoms with Crippen molar-refractivity contribution >= 4 is 12.2 Å². The summed E-state index contributed by atoms with van der Waals surface area (Å²) in [5.41, 5.74) is 6.04. The molecule has 0 aromatic rings. The van der Waals surface area contributed by atoms with E-state index in [1.807, 2.05) is 89.2 Å². The number of primary amides is 1. The quantitative estimate of drug-likeness (QED) is 0.429. The van der Waals surface area contributed by atoms with E-state index in [9.17, 15) is 9.59 Å². The average molecular weight is 466 g/mol. The lowest BCUT2D eigenvalue weighted by Crippen LogP contribution is -2.42. The van der Waals surface area contributed by atoms with Gasteiger partial charge in [0.25, 0.3) is 0 Å². The van der Waals surface area contributed by atoms with E-state index in [-0.39, 0.29) is 13.6 Å². The summed E-state index contributed by atoms with van der Waals surface area (Å²) in [5.74, 6) is 0. The van der Waals surface area contributed by atoms with Crippen molar-refractivity contribution in [3.05, 3.63) is 11.6 Å². The van der Waals surface area contributed by atoms with Crippen LogP contribution in [0.15, 0.2) is 11.6 Å². The number of ether oxygens (including phenoxy) is 2. The van der Waals surface area contributed by atoms with E-state index in [1.54, 1.807) is 11.9 Å². The van der Waals surface area contributed by atoms with Gasteiger partial charge in [-0.15, -0.1) is 0 Å². The summed E-state index contributed by atoms with van der Waals surface area (Å²) in [6, 6.07) is 0. The standard InChI is InChI=1S/C15H27N3O4.5C2H6.H2/c1-4-12(2)11-21-15(20)17(3)9-10-18-7-5-13(6-8-18)22-14(16)19;5*1-2;/h4,13H,5-11H2,1-3H3,(H2,16,19);5*1-2H3;1H/b12-4+;;;;;;. The maximum absolute atomic E-state index is 11.8. The monoisotopic (exact) mass is 465 g/mol. The summed E-state index contributed by atoms with van der Waals surface area (Å²) >= 11 is 0. The zero-order chi connectivity index (χ0) is 26.5. The zero-order valence-electron chi connectivity index (χ0n) is 23.7. The molecule has 0 aromatic carbocycles. The highest BCUT2D eigenvalue weighted by Gasteiger charge is 2.22. The van der Waals surface area contributed by atoms with E-state index in [2.05, 4.69) is 4.90 Å². The number of rotatable bonds is 6. The second-order valence-electron chi connectivity index (χ2n) is 5.59. The number of likely N-dealkylation sites (N-methyl/N-ethyl adjacent to an activating group) is 1. The fourth-order valence-electron chi connectivity index (χ4n) is 2.17. The Balaban J connectivity index is -0.000000146. The lowest BCUT2D eigenvalue weighted by atomic mass is 10.1. The largest absolute Gasteiger partial charge is 0.446 e. The molecule has 0 atom stereocenters. The van der Waals surface area contributed by atoms with Crippen LogP contribution in [-0.4, -0.2) is 67.9 Å². The molecule has 7 nitrogen and oxygen atoms in total. The van der Waals surface area contributed by atoms with Gasteiger partial charge in [-0.3, -0.25) is 0 Å². The molecule has 2 N–H and O–H groups in total. The van der Waals surface area contributed by atoms with Gasteiger partial charge in [0.2, 0.25) is 0 Å². The van der Waals surface area contributed by atoms with Crippen LogP contribution in [0.25, 0.3) is 0 Å². The van der Waals surface area contributed by atoms with E-state index < -0.39 is 6.09 Å². The minimum atomic E-state index is -0.711. The Labute approximate surface area is 202 Å². The Morgan fingerprint density at radius 1 is 1.00 bits per heavy atom. The maximum atomic E-state index is 11.8. The number of carbonyl (C=O) groups is 2. The van der Waals surface area contributed by atoms with Crippen molar-refractivity contribution in [3.8, 4) is 0 Å². The zero-order valence-corrected chi connectivity index (χ0v) is 23.7. The van der Waals surface area contributed by atoms with E-state index in [0.717, 1.165) is 38.0 Å². The van der Waals surface area contributed by atoms with Crippen LogP contribution in [0.3, 0.4) is 0 Å². The summed E-state index contributed by atoms with van der Waals surface area (Å²) in [7, 11) is 1.73. The molecule has 0 aliphatic carbocycles. The molecular formula is C25H59N3O4.